The van der Waals surface area contributed by atoms with Crippen molar-refractivity contribution >= 4 is 5.78 Å². The summed E-state index contributed by atoms with van der Waals surface area (Å²) < 4.78 is 0. The predicted molar refractivity (Wildman–Crippen MR) is 42.8 cm³/mol. The summed E-state index contributed by atoms with van der Waals surface area (Å²) >= 11 is 0. The van der Waals surface area contributed by atoms with Gasteiger partial charge in [0.25, 0.3) is 0 Å². The van der Waals surface area contributed by atoms with Crippen LogP contribution >= 0.6 is 0 Å². The summed E-state index contributed by atoms with van der Waals surface area (Å²) in [5.74, 6) is 0.178. The maximum absolute atomic E-state index is 11.2. The van der Waals surface area contributed by atoms with Gasteiger partial charge in [0, 0.05) is 6.42 Å². The van der Waals surface area contributed by atoms with Crippen molar-refractivity contribution in [3.8, 4) is 0 Å². The quantitative estimate of drug-likeness (QED) is 0.647. The second kappa shape index (κ2) is 3.71. The lowest BCUT2D eigenvalue weighted by Crippen LogP contribution is -2.46. The van der Waals surface area contributed by atoms with Gasteiger partial charge in [-0.1, -0.05) is 20.8 Å². The van der Waals surface area contributed by atoms with Crippen molar-refractivity contribution in [2.75, 3.05) is 0 Å². The number of carbonyl (C=O) groups excluding carboxylic acids is 1. The smallest absolute Gasteiger partial charge is 0.152 e. The second-order valence-electron chi connectivity index (χ2n) is 2.64. The predicted octanol–water partition coefficient (Wildman–Crippen LogP) is 1.48. The normalized spacial score (nSPS) is 11.6. The number of nitrogens with two attached hydrogens (primary N) is 1. The lowest BCUT2D eigenvalue weighted by molar-refractivity contribution is -0.124. The number of hydrogen-bond donors (Lipinski definition) is 1. The Hall–Kier alpha value is -0.370. The summed E-state index contributed by atoms with van der Waals surface area (Å²) in [5, 5.41) is 0. The summed E-state index contributed by atoms with van der Waals surface area (Å²) in [4.78, 5) is 11.2. The lowest BCUT2D eigenvalue weighted by Gasteiger charge is -2.23. The van der Waals surface area contributed by atoms with Crippen LogP contribution in [0.2, 0.25) is 0 Å². The third kappa shape index (κ3) is 1.81. The maximum atomic E-state index is 11.2. The van der Waals surface area contributed by atoms with Gasteiger partial charge < -0.3 is 5.73 Å². The average Bonchev–Trinajstić information content (AvgIpc) is 2.01. The molecular formula is C8H17NO. The van der Waals surface area contributed by atoms with E-state index in [0.717, 1.165) is 12.8 Å². The Kier molecular flexibility index (Phi) is 3.58. The van der Waals surface area contributed by atoms with E-state index in [-0.39, 0.29) is 5.78 Å². The van der Waals surface area contributed by atoms with Crippen LogP contribution in [0.1, 0.15) is 40.0 Å². The molecule has 0 aliphatic carbocycles. The monoisotopic (exact) mass is 143 g/mol. The first-order valence-corrected chi connectivity index (χ1v) is 3.92. The molecule has 0 saturated heterocycles. The molecule has 10 heavy (non-hydrogen) atoms. The van der Waals surface area contributed by atoms with Gasteiger partial charge in [-0.3, -0.25) is 4.79 Å². The molecule has 2 nitrogen and oxygen atoms in total. The molecule has 0 aromatic carbocycles. The van der Waals surface area contributed by atoms with Gasteiger partial charge in [0.15, 0.2) is 5.78 Å². The van der Waals surface area contributed by atoms with Crippen LogP contribution in [0.15, 0.2) is 0 Å². The molecule has 0 amide bonds. The Bertz CT molecular complexity index is 116. The zero-order chi connectivity index (χ0) is 8.20. The minimum atomic E-state index is -0.547. The first kappa shape index (κ1) is 9.63. The van der Waals surface area contributed by atoms with Gasteiger partial charge in [0.2, 0.25) is 0 Å². The van der Waals surface area contributed by atoms with Gasteiger partial charge in [-0.05, 0) is 12.8 Å². The molecule has 0 atom stereocenters. The molecule has 0 rings (SSSR count). The Morgan fingerprint density at radius 3 is 1.80 bits per heavy atom. The van der Waals surface area contributed by atoms with Crippen LogP contribution in [0, 0.1) is 0 Å². The van der Waals surface area contributed by atoms with E-state index in [4.69, 9.17) is 5.73 Å². The Morgan fingerprint density at radius 1 is 1.30 bits per heavy atom. The first-order valence-electron chi connectivity index (χ1n) is 3.92. The maximum Gasteiger partial charge on any atom is 0.152 e. The van der Waals surface area contributed by atoms with Crippen molar-refractivity contribution < 1.29 is 4.79 Å². The van der Waals surface area contributed by atoms with Crippen molar-refractivity contribution in [2.45, 2.75) is 45.6 Å². The van der Waals surface area contributed by atoms with Crippen LogP contribution in [0.25, 0.3) is 0 Å². The fraction of sp³-hybridized carbons (Fsp3) is 0.875. The standard InChI is InChI=1S/C8H17NO/c1-4-7(10)8(9,5-2)6-3/h4-6,9H2,1-3H3. The van der Waals surface area contributed by atoms with Gasteiger partial charge in [0.1, 0.15) is 0 Å². The van der Waals surface area contributed by atoms with Gasteiger partial charge in [0.05, 0.1) is 5.54 Å². The summed E-state index contributed by atoms with van der Waals surface area (Å²) in [6, 6.07) is 0. The molecule has 0 bridgehead atoms. The van der Waals surface area contributed by atoms with Crippen LogP contribution in [-0.4, -0.2) is 11.3 Å². The van der Waals surface area contributed by atoms with Gasteiger partial charge in [-0.25, -0.2) is 0 Å². The molecule has 0 aromatic heterocycles. The van der Waals surface area contributed by atoms with Crippen molar-refractivity contribution in [3.05, 3.63) is 0 Å². The van der Waals surface area contributed by atoms with Crippen molar-refractivity contribution in [1.82, 2.24) is 0 Å². The van der Waals surface area contributed by atoms with E-state index in [1.807, 2.05) is 20.8 Å². The fourth-order valence-corrected chi connectivity index (χ4v) is 0.996. The number of carbonyl (C=O) groups is 1. The van der Waals surface area contributed by atoms with Crippen LogP contribution in [-0.2, 0) is 4.79 Å². The minimum absolute atomic E-state index is 0.178. The van der Waals surface area contributed by atoms with Crippen LogP contribution in [0.3, 0.4) is 0 Å². The van der Waals surface area contributed by atoms with E-state index in [2.05, 4.69) is 0 Å². The van der Waals surface area contributed by atoms with Crippen LogP contribution < -0.4 is 5.73 Å². The molecule has 0 aromatic rings. The van der Waals surface area contributed by atoms with E-state index in [1.54, 1.807) is 0 Å². The largest absolute Gasteiger partial charge is 0.319 e. The van der Waals surface area contributed by atoms with E-state index in [1.165, 1.54) is 0 Å². The van der Waals surface area contributed by atoms with Crippen molar-refractivity contribution in [2.24, 2.45) is 5.73 Å². The third-order valence-electron chi connectivity index (χ3n) is 2.14. The summed E-state index contributed by atoms with van der Waals surface area (Å²) in [6.45, 7) is 5.77. The van der Waals surface area contributed by atoms with Crippen LogP contribution in [0.4, 0.5) is 0 Å². The highest BCUT2D eigenvalue weighted by atomic mass is 16.1. The van der Waals surface area contributed by atoms with E-state index >= 15 is 0 Å². The molecule has 0 heterocycles. The lowest BCUT2D eigenvalue weighted by atomic mass is 9.88. The van der Waals surface area contributed by atoms with Gasteiger partial charge >= 0.3 is 0 Å². The van der Waals surface area contributed by atoms with E-state index in [9.17, 15) is 4.79 Å². The zero-order valence-corrected chi connectivity index (χ0v) is 7.11. The first-order chi connectivity index (χ1) is 4.60. The molecule has 2 heteroatoms. The number of rotatable bonds is 4. The van der Waals surface area contributed by atoms with E-state index in [0.29, 0.717) is 6.42 Å². The summed E-state index contributed by atoms with van der Waals surface area (Å²) in [5.41, 5.74) is 5.25. The van der Waals surface area contributed by atoms with Crippen molar-refractivity contribution in [3.63, 3.8) is 0 Å². The highest BCUT2D eigenvalue weighted by Crippen LogP contribution is 2.13. The van der Waals surface area contributed by atoms with Gasteiger partial charge in [-0.15, -0.1) is 0 Å². The average molecular weight is 143 g/mol. The molecule has 0 fully saturated rings. The molecule has 0 spiro atoms. The molecule has 0 unspecified atom stereocenters. The van der Waals surface area contributed by atoms with E-state index < -0.39 is 5.54 Å². The summed E-state index contributed by atoms with van der Waals surface area (Å²) in [7, 11) is 0. The Morgan fingerprint density at radius 2 is 1.70 bits per heavy atom. The number of Topliss-reactive ketones (excluding diaryl/α,β-unsaturated/α-hetero) is 1. The molecule has 60 valence electrons. The van der Waals surface area contributed by atoms with Gasteiger partial charge in [-0.2, -0.15) is 0 Å². The third-order valence-corrected chi connectivity index (χ3v) is 2.14. The molecular weight excluding hydrogens is 126 g/mol. The summed E-state index contributed by atoms with van der Waals surface area (Å²) in [6.07, 6.45) is 2.05. The van der Waals surface area contributed by atoms with Crippen LogP contribution in [0.5, 0.6) is 0 Å². The Labute approximate surface area is 62.8 Å². The molecule has 2 N–H and O–H groups in total. The number of hydrogen-bond acceptors (Lipinski definition) is 2. The molecule has 0 aliphatic heterocycles. The highest BCUT2D eigenvalue weighted by molar-refractivity contribution is 5.87. The Balaban J connectivity index is 4.17. The molecule has 0 saturated carbocycles. The zero-order valence-electron chi connectivity index (χ0n) is 7.11. The molecule has 0 radical (unpaired) electrons. The molecule has 0 aliphatic rings. The SMILES string of the molecule is CCC(=O)C(N)(CC)CC. The topological polar surface area (TPSA) is 43.1 Å². The van der Waals surface area contributed by atoms with Crippen molar-refractivity contribution in [1.29, 1.82) is 0 Å². The minimum Gasteiger partial charge on any atom is -0.319 e. The fourth-order valence-electron chi connectivity index (χ4n) is 0.996. The second-order valence-corrected chi connectivity index (χ2v) is 2.64. The number of ketones is 1. The highest BCUT2D eigenvalue weighted by Gasteiger charge is 2.27.